The van der Waals surface area contributed by atoms with Gasteiger partial charge in [-0.05, 0) is 18.7 Å². The van der Waals surface area contributed by atoms with E-state index in [9.17, 15) is 0 Å². The molecule has 0 saturated heterocycles. The van der Waals surface area contributed by atoms with Gasteiger partial charge < -0.3 is 14.8 Å². The van der Waals surface area contributed by atoms with E-state index in [1.165, 1.54) is 0 Å². The Balaban J connectivity index is 1.85. The average Bonchev–Trinajstić information content (AvgIpc) is 2.90. The van der Waals surface area contributed by atoms with E-state index in [1.54, 1.807) is 10.9 Å². The second-order valence-corrected chi connectivity index (χ2v) is 4.73. The van der Waals surface area contributed by atoms with Crippen LogP contribution in [0.15, 0.2) is 30.5 Å². The molecule has 0 saturated carbocycles. The molecule has 1 aliphatic rings. The smallest absolute Gasteiger partial charge is 0.161 e. The number of aryl methyl sites for hydroxylation is 1. The Morgan fingerprint density at radius 3 is 2.90 bits per heavy atom. The number of aromatic nitrogens is 3. The van der Waals surface area contributed by atoms with Crippen LogP contribution in [-0.2, 0) is 7.05 Å². The van der Waals surface area contributed by atoms with Gasteiger partial charge in [-0.15, -0.1) is 5.10 Å². The van der Waals surface area contributed by atoms with E-state index < -0.39 is 0 Å². The van der Waals surface area contributed by atoms with Crippen molar-refractivity contribution < 1.29 is 9.47 Å². The maximum atomic E-state index is 6.07. The minimum atomic E-state index is -0.109. The molecule has 1 N–H and O–H groups in total. The number of para-hydroxylation sites is 2. The molecule has 6 nitrogen and oxygen atoms in total. The van der Waals surface area contributed by atoms with Crippen molar-refractivity contribution in [3.05, 3.63) is 36.2 Å². The van der Waals surface area contributed by atoms with Gasteiger partial charge >= 0.3 is 0 Å². The summed E-state index contributed by atoms with van der Waals surface area (Å²) in [6.45, 7) is 3.39. The van der Waals surface area contributed by atoms with Crippen LogP contribution in [0.25, 0.3) is 0 Å². The first-order valence-electron chi connectivity index (χ1n) is 6.76. The first kappa shape index (κ1) is 12.9. The third-order valence-electron chi connectivity index (χ3n) is 3.39. The Morgan fingerprint density at radius 1 is 1.40 bits per heavy atom. The minimum Gasteiger partial charge on any atom is -0.486 e. The Morgan fingerprint density at radius 2 is 2.20 bits per heavy atom. The summed E-state index contributed by atoms with van der Waals surface area (Å²) in [6, 6.07) is 7.72. The van der Waals surface area contributed by atoms with Crippen LogP contribution < -0.4 is 14.8 Å². The quantitative estimate of drug-likeness (QED) is 0.910. The fourth-order valence-electron chi connectivity index (χ4n) is 2.43. The van der Waals surface area contributed by atoms with E-state index in [0.717, 1.165) is 23.7 Å². The molecular weight excluding hydrogens is 256 g/mol. The monoisotopic (exact) mass is 274 g/mol. The molecule has 1 aliphatic heterocycles. The van der Waals surface area contributed by atoms with Crippen LogP contribution >= 0.6 is 0 Å². The molecule has 0 bridgehead atoms. The molecule has 2 atom stereocenters. The SMILES string of the molecule is CCNC(c1cnnn1C)C1COc2ccccc2O1. The zero-order chi connectivity index (χ0) is 13.9. The molecule has 0 spiro atoms. The molecule has 20 heavy (non-hydrogen) atoms. The summed E-state index contributed by atoms with van der Waals surface area (Å²) >= 11 is 0. The van der Waals surface area contributed by atoms with Crippen molar-refractivity contribution in [1.29, 1.82) is 0 Å². The van der Waals surface area contributed by atoms with Gasteiger partial charge in [-0.2, -0.15) is 0 Å². The predicted octanol–water partition coefficient (Wildman–Crippen LogP) is 1.31. The summed E-state index contributed by atoms with van der Waals surface area (Å²) in [6.07, 6.45) is 1.65. The van der Waals surface area contributed by atoms with Crippen LogP contribution in [-0.4, -0.2) is 34.2 Å². The molecule has 6 heteroatoms. The van der Waals surface area contributed by atoms with Crippen molar-refractivity contribution in [3.63, 3.8) is 0 Å². The molecule has 2 unspecified atom stereocenters. The molecule has 0 fully saturated rings. The van der Waals surface area contributed by atoms with E-state index >= 15 is 0 Å². The molecule has 2 heterocycles. The molecule has 0 amide bonds. The van der Waals surface area contributed by atoms with Crippen LogP contribution in [0.1, 0.15) is 18.7 Å². The second-order valence-electron chi connectivity index (χ2n) is 4.73. The summed E-state index contributed by atoms with van der Waals surface area (Å²) in [5.74, 6) is 1.57. The van der Waals surface area contributed by atoms with Gasteiger partial charge in [0.1, 0.15) is 6.61 Å². The lowest BCUT2D eigenvalue weighted by Crippen LogP contribution is -2.42. The van der Waals surface area contributed by atoms with Gasteiger partial charge in [-0.1, -0.05) is 24.3 Å². The van der Waals surface area contributed by atoms with Gasteiger partial charge in [-0.25, -0.2) is 0 Å². The van der Waals surface area contributed by atoms with E-state index in [2.05, 4.69) is 22.6 Å². The highest BCUT2D eigenvalue weighted by molar-refractivity contribution is 5.41. The van der Waals surface area contributed by atoms with Crippen molar-refractivity contribution in [3.8, 4) is 11.5 Å². The number of hydrogen-bond acceptors (Lipinski definition) is 5. The highest BCUT2D eigenvalue weighted by Gasteiger charge is 2.31. The van der Waals surface area contributed by atoms with Gasteiger partial charge in [0.05, 0.1) is 17.9 Å². The van der Waals surface area contributed by atoms with Crippen LogP contribution in [0.4, 0.5) is 0 Å². The number of benzene rings is 1. The standard InChI is InChI=1S/C14H18N4O2/c1-3-15-14(10-8-16-17-18(10)2)13-9-19-11-6-4-5-7-12(11)20-13/h4-8,13-15H,3,9H2,1-2H3. The van der Waals surface area contributed by atoms with Crippen molar-refractivity contribution in [2.24, 2.45) is 7.05 Å². The number of ether oxygens (including phenoxy) is 2. The van der Waals surface area contributed by atoms with Crippen LogP contribution in [0.3, 0.4) is 0 Å². The van der Waals surface area contributed by atoms with Crippen LogP contribution in [0.5, 0.6) is 11.5 Å². The van der Waals surface area contributed by atoms with E-state index in [0.29, 0.717) is 6.61 Å². The van der Waals surface area contributed by atoms with E-state index in [1.807, 2.05) is 31.3 Å². The molecule has 1 aromatic carbocycles. The van der Waals surface area contributed by atoms with Gasteiger partial charge in [0.25, 0.3) is 0 Å². The zero-order valence-electron chi connectivity index (χ0n) is 11.6. The topological polar surface area (TPSA) is 61.2 Å². The van der Waals surface area contributed by atoms with Gasteiger partial charge in [0, 0.05) is 7.05 Å². The van der Waals surface area contributed by atoms with Gasteiger partial charge in [-0.3, -0.25) is 4.68 Å². The molecule has 1 aromatic heterocycles. The summed E-state index contributed by atoms with van der Waals surface area (Å²) in [5.41, 5.74) is 0.986. The first-order valence-corrected chi connectivity index (χ1v) is 6.76. The maximum absolute atomic E-state index is 6.07. The Kier molecular flexibility index (Phi) is 3.56. The zero-order valence-corrected chi connectivity index (χ0v) is 11.6. The van der Waals surface area contributed by atoms with Gasteiger partial charge in [0.2, 0.25) is 0 Å². The molecule has 0 aliphatic carbocycles. The Bertz CT molecular complexity index is 584. The lowest BCUT2D eigenvalue weighted by molar-refractivity contribution is 0.0599. The Labute approximate surface area is 117 Å². The molecule has 0 radical (unpaired) electrons. The molecule has 3 rings (SSSR count). The number of hydrogen-bond donors (Lipinski definition) is 1. The number of likely N-dealkylation sites (N-methyl/N-ethyl adjacent to an activating group) is 1. The van der Waals surface area contributed by atoms with Crippen molar-refractivity contribution in [2.45, 2.75) is 19.1 Å². The van der Waals surface area contributed by atoms with Crippen molar-refractivity contribution in [2.75, 3.05) is 13.2 Å². The maximum Gasteiger partial charge on any atom is 0.161 e. The largest absolute Gasteiger partial charge is 0.486 e. The third-order valence-corrected chi connectivity index (χ3v) is 3.39. The normalized spacial score (nSPS) is 18.8. The summed E-state index contributed by atoms with van der Waals surface area (Å²) in [5, 5.41) is 11.4. The van der Waals surface area contributed by atoms with Crippen LogP contribution in [0, 0.1) is 0 Å². The van der Waals surface area contributed by atoms with E-state index in [4.69, 9.17) is 9.47 Å². The van der Waals surface area contributed by atoms with Crippen molar-refractivity contribution >= 4 is 0 Å². The number of nitrogens with zero attached hydrogens (tertiary/aromatic N) is 3. The van der Waals surface area contributed by atoms with Crippen LogP contribution in [0.2, 0.25) is 0 Å². The lowest BCUT2D eigenvalue weighted by atomic mass is 10.1. The number of fused-ring (bicyclic) bond motifs is 1. The Hall–Kier alpha value is -2.08. The highest BCUT2D eigenvalue weighted by atomic mass is 16.6. The highest BCUT2D eigenvalue weighted by Crippen LogP contribution is 2.34. The first-order chi connectivity index (χ1) is 9.79. The van der Waals surface area contributed by atoms with Crippen molar-refractivity contribution in [1.82, 2.24) is 20.3 Å². The lowest BCUT2D eigenvalue weighted by Gasteiger charge is -2.32. The fraction of sp³-hybridized carbons (Fsp3) is 0.429. The summed E-state index contributed by atoms with van der Waals surface area (Å²) in [4.78, 5) is 0. The fourth-order valence-corrected chi connectivity index (χ4v) is 2.43. The average molecular weight is 274 g/mol. The summed E-state index contributed by atoms with van der Waals surface area (Å²) < 4.78 is 13.6. The number of nitrogens with one attached hydrogen (secondary N) is 1. The van der Waals surface area contributed by atoms with E-state index in [-0.39, 0.29) is 12.1 Å². The number of rotatable bonds is 4. The summed E-state index contributed by atoms with van der Waals surface area (Å²) in [7, 11) is 1.88. The molecular formula is C14H18N4O2. The predicted molar refractivity (Wildman–Crippen MR) is 73.8 cm³/mol. The molecule has 106 valence electrons. The third kappa shape index (κ3) is 2.34. The molecule has 2 aromatic rings. The van der Waals surface area contributed by atoms with Gasteiger partial charge in [0.15, 0.2) is 17.6 Å². The second kappa shape index (κ2) is 5.50. The minimum absolute atomic E-state index is 0.00615.